The molecule has 1 heterocycles. The van der Waals surface area contributed by atoms with Gasteiger partial charge in [-0.3, -0.25) is 9.78 Å². The molecule has 0 fully saturated rings. The normalized spacial score (nSPS) is 11.6. The van der Waals surface area contributed by atoms with Crippen molar-refractivity contribution in [3.05, 3.63) is 22.1 Å². The molecule has 0 aliphatic rings. The average Bonchev–Trinajstić information content (AvgIpc) is 2.17. The van der Waals surface area contributed by atoms with Crippen LogP contribution >= 0.6 is 0 Å². The lowest BCUT2D eigenvalue weighted by Gasteiger charge is -2.23. The van der Waals surface area contributed by atoms with Gasteiger partial charge in [-0.1, -0.05) is 20.8 Å². The first-order valence-corrected chi connectivity index (χ1v) is 5.75. The summed E-state index contributed by atoms with van der Waals surface area (Å²) in [6.45, 7) is 11.9. The lowest BCUT2D eigenvalue weighted by molar-refractivity contribution is 0.564. The molecular formula is C12H21N3O. The summed E-state index contributed by atoms with van der Waals surface area (Å²) in [5.41, 5.74) is 0.649. The maximum absolute atomic E-state index is 11.6. The molecule has 0 unspecified atom stereocenters. The molecule has 0 aliphatic carbocycles. The Kier molecular flexibility index (Phi) is 3.73. The summed E-state index contributed by atoms with van der Waals surface area (Å²) in [7, 11) is 0. The predicted octanol–water partition coefficient (Wildman–Crippen LogP) is 1.91. The van der Waals surface area contributed by atoms with Crippen molar-refractivity contribution in [2.45, 2.75) is 40.0 Å². The highest BCUT2D eigenvalue weighted by atomic mass is 16.1. The summed E-state index contributed by atoms with van der Waals surface area (Å²) in [5, 5.41) is 0. The molecule has 1 aromatic heterocycles. The molecule has 0 atom stereocenters. The summed E-state index contributed by atoms with van der Waals surface area (Å²) in [6, 6.07) is 1.58. The van der Waals surface area contributed by atoms with Crippen LogP contribution in [0.3, 0.4) is 0 Å². The maximum atomic E-state index is 11.6. The Morgan fingerprint density at radius 1 is 1.31 bits per heavy atom. The van der Waals surface area contributed by atoms with Gasteiger partial charge in [0.15, 0.2) is 0 Å². The number of hydrogen-bond donors (Lipinski definition) is 1. The van der Waals surface area contributed by atoms with Crippen LogP contribution in [-0.4, -0.2) is 23.1 Å². The van der Waals surface area contributed by atoms with E-state index >= 15 is 0 Å². The van der Waals surface area contributed by atoms with Crippen molar-refractivity contribution in [1.82, 2.24) is 9.97 Å². The third-order valence-electron chi connectivity index (χ3n) is 2.56. The highest BCUT2D eigenvalue weighted by Gasteiger charge is 2.18. The van der Waals surface area contributed by atoms with E-state index in [2.05, 4.69) is 30.7 Å². The van der Waals surface area contributed by atoms with E-state index in [4.69, 9.17) is 0 Å². The van der Waals surface area contributed by atoms with Crippen LogP contribution in [0, 0.1) is 0 Å². The molecule has 0 aromatic carbocycles. The highest BCUT2D eigenvalue weighted by molar-refractivity contribution is 5.31. The van der Waals surface area contributed by atoms with Gasteiger partial charge in [-0.15, -0.1) is 0 Å². The number of hydrogen-bond acceptors (Lipinski definition) is 3. The van der Waals surface area contributed by atoms with Crippen molar-refractivity contribution < 1.29 is 0 Å². The lowest BCUT2D eigenvalue weighted by atomic mass is 9.92. The standard InChI is InChI=1S/C12H21N3O/c1-6-15(7-2)11-13-9(12(3,4)5)8-10(16)14-11/h8H,6-7H2,1-5H3,(H,13,14,16). The van der Waals surface area contributed by atoms with Crippen LogP contribution < -0.4 is 10.5 Å². The van der Waals surface area contributed by atoms with Crippen molar-refractivity contribution in [2.75, 3.05) is 18.0 Å². The van der Waals surface area contributed by atoms with Gasteiger partial charge in [0.25, 0.3) is 5.56 Å². The van der Waals surface area contributed by atoms with Crippen molar-refractivity contribution in [3.8, 4) is 0 Å². The van der Waals surface area contributed by atoms with Crippen LogP contribution in [0.15, 0.2) is 10.9 Å². The number of aromatic nitrogens is 2. The number of rotatable bonds is 3. The molecule has 0 saturated heterocycles. The topological polar surface area (TPSA) is 49.0 Å². The molecule has 1 rings (SSSR count). The zero-order chi connectivity index (χ0) is 12.3. The van der Waals surface area contributed by atoms with Gasteiger partial charge in [0.2, 0.25) is 5.95 Å². The van der Waals surface area contributed by atoms with Gasteiger partial charge >= 0.3 is 0 Å². The summed E-state index contributed by atoms with van der Waals surface area (Å²) in [5.74, 6) is 0.669. The predicted molar refractivity (Wildman–Crippen MR) is 67.1 cm³/mol. The van der Waals surface area contributed by atoms with E-state index in [1.54, 1.807) is 6.07 Å². The minimum atomic E-state index is -0.101. The van der Waals surface area contributed by atoms with Gasteiger partial charge < -0.3 is 4.90 Å². The summed E-state index contributed by atoms with van der Waals surface area (Å²) >= 11 is 0. The second-order valence-electron chi connectivity index (χ2n) is 4.88. The van der Waals surface area contributed by atoms with Gasteiger partial charge in [-0.2, -0.15) is 0 Å². The molecule has 0 spiro atoms. The van der Waals surface area contributed by atoms with E-state index in [0.29, 0.717) is 5.95 Å². The molecule has 0 radical (unpaired) electrons. The molecule has 0 aliphatic heterocycles. The van der Waals surface area contributed by atoms with Crippen LogP contribution in [-0.2, 0) is 5.41 Å². The number of anilines is 1. The Labute approximate surface area is 96.7 Å². The molecule has 4 nitrogen and oxygen atoms in total. The van der Waals surface area contributed by atoms with E-state index in [-0.39, 0.29) is 11.0 Å². The largest absolute Gasteiger partial charge is 0.343 e. The molecule has 16 heavy (non-hydrogen) atoms. The van der Waals surface area contributed by atoms with E-state index in [9.17, 15) is 4.79 Å². The second kappa shape index (κ2) is 4.68. The second-order valence-corrected chi connectivity index (χ2v) is 4.88. The first kappa shape index (κ1) is 12.7. The number of aromatic amines is 1. The van der Waals surface area contributed by atoms with E-state index in [1.807, 2.05) is 18.7 Å². The molecule has 1 N–H and O–H groups in total. The first-order valence-electron chi connectivity index (χ1n) is 5.75. The van der Waals surface area contributed by atoms with Gasteiger partial charge in [-0.25, -0.2) is 4.98 Å². The van der Waals surface area contributed by atoms with Crippen molar-refractivity contribution in [2.24, 2.45) is 0 Å². The number of nitrogens with one attached hydrogen (secondary N) is 1. The van der Waals surface area contributed by atoms with Crippen molar-refractivity contribution >= 4 is 5.95 Å². The molecule has 0 saturated carbocycles. The van der Waals surface area contributed by atoms with E-state index in [0.717, 1.165) is 18.8 Å². The quantitative estimate of drug-likeness (QED) is 0.851. The third-order valence-corrected chi connectivity index (χ3v) is 2.56. The van der Waals surface area contributed by atoms with Gasteiger partial charge in [0, 0.05) is 24.6 Å². The molecule has 0 bridgehead atoms. The average molecular weight is 223 g/mol. The summed E-state index contributed by atoms with van der Waals surface area (Å²) < 4.78 is 0. The van der Waals surface area contributed by atoms with Gasteiger partial charge in [-0.05, 0) is 13.8 Å². The minimum absolute atomic E-state index is 0.0816. The van der Waals surface area contributed by atoms with Crippen LogP contribution in [0.4, 0.5) is 5.95 Å². The summed E-state index contributed by atoms with van der Waals surface area (Å²) in [4.78, 5) is 20.9. The van der Waals surface area contributed by atoms with Crippen LogP contribution in [0.2, 0.25) is 0 Å². The third kappa shape index (κ3) is 2.84. The SMILES string of the molecule is CCN(CC)c1nc(C(C)(C)C)cc(=O)[nH]1. The van der Waals surface area contributed by atoms with Gasteiger partial charge in [0.1, 0.15) is 0 Å². The zero-order valence-electron chi connectivity index (χ0n) is 10.8. The molecular weight excluding hydrogens is 202 g/mol. The Morgan fingerprint density at radius 3 is 2.31 bits per heavy atom. The lowest BCUT2D eigenvalue weighted by Crippen LogP contribution is -2.29. The smallest absolute Gasteiger partial charge is 0.252 e. The molecule has 4 heteroatoms. The fourth-order valence-corrected chi connectivity index (χ4v) is 1.50. The van der Waals surface area contributed by atoms with Crippen LogP contribution in [0.1, 0.15) is 40.3 Å². The number of nitrogens with zero attached hydrogens (tertiary/aromatic N) is 2. The van der Waals surface area contributed by atoms with Crippen molar-refractivity contribution in [3.63, 3.8) is 0 Å². The maximum Gasteiger partial charge on any atom is 0.252 e. The molecule has 0 amide bonds. The van der Waals surface area contributed by atoms with E-state index < -0.39 is 0 Å². The molecule has 1 aromatic rings. The van der Waals surface area contributed by atoms with Crippen LogP contribution in [0.25, 0.3) is 0 Å². The minimum Gasteiger partial charge on any atom is -0.343 e. The van der Waals surface area contributed by atoms with Crippen molar-refractivity contribution in [1.29, 1.82) is 0 Å². The van der Waals surface area contributed by atoms with Gasteiger partial charge in [0.05, 0.1) is 5.69 Å². The fourth-order valence-electron chi connectivity index (χ4n) is 1.50. The molecule has 90 valence electrons. The Morgan fingerprint density at radius 2 is 1.88 bits per heavy atom. The Bertz CT molecular complexity index is 399. The monoisotopic (exact) mass is 223 g/mol. The number of H-pyrrole nitrogens is 1. The van der Waals surface area contributed by atoms with E-state index in [1.165, 1.54) is 0 Å². The first-order chi connectivity index (χ1) is 7.38. The zero-order valence-corrected chi connectivity index (χ0v) is 10.8. The fraction of sp³-hybridized carbons (Fsp3) is 0.667. The Balaban J connectivity index is 3.23. The highest BCUT2D eigenvalue weighted by Crippen LogP contribution is 2.19. The van der Waals surface area contributed by atoms with Crippen LogP contribution in [0.5, 0.6) is 0 Å². The Hall–Kier alpha value is -1.32. The summed E-state index contributed by atoms with van der Waals surface area (Å²) in [6.07, 6.45) is 0.